The van der Waals surface area contributed by atoms with Crippen molar-refractivity contribution in [2.24, 2.45) is 0 Å². The third-order valence-electron chi connectivity index (χ3n) is 4.18. The Hall–Kier alpha value is -0.0300. The van der Waals surface area contributed by atoms with Crippen LogP contribution in [0.1, 0.15) is 37.8 Å². The molecule has 116 valence electrons. The van der Waals surface area contributed by atoms with E-state index in [1.54, 1.807) is 0 Å². The molecule has 0 bridgehead atoms. The van der Waals surface area contributed by atoms with Gasteiger partial charge in [-0.15, -0.1) is 0 Å². The van der Waals surface area contributed by atoms with Crippen LogP contribution in [0.4, 0.5) is 0 Å². The van der Waals surface area contributed by atoms with Gasteiger partial charge in [-0.2, -0.15) is 11.8 Å². The maximum absolute atomic E-state index is 3.77. The predicted octanol–water partition coefficient (Wildman–Crippen LogP) is 4.03. The van der Waals surface area contributed by atoms with Gasteiger partial charge in [0.1, 0.15) is 0 Å². The van der Waals surface area contributed by atoms with E-state index in [2.05, 4.69) is 70.0 Å². The molecule has 2 atom stereocenters. The van der Waals surface area contributed by atoms with E-state index >= 15 is 0 Å². The topological polar surface area (TPSA) is 15.3 Å². The third-order valence-corrected chi connectivity index (χ3v) is 6.14. The zero-order valence-corrected chi connectivity index (χ0v) is 15.3. The second-order valence-electron chi connectivity index (χ2n) is 6.53. The Kier molecular flexibility index (Phi) is 5.31. The Morgan fingerprint density at radius 1 is 1.24 bits per heavy atom. The maximum atomic E-state index is 3.77. The van der Waals surface area contributed by atoms with Crippen LogP contribution >= 0.6 is 27.7 Å². The first-order valence-electron chi connectivity index (χ1n) is 7.98. The van der Waals surface area contributed by atoms with Crippen LogP contribution in [0.2, 0.25) is 0 Å². The lowest BCUT2D eigenvalue weighted by Crippen LogP contribution is -2.39. The summed E-state index contributed by atoms with van der Waals surface area (Å²) < 4.78 is 1.26. The fraction of sp³-hybridized carbons (Fsp3) is 0.647. The fourth-order valence-electron chi connectivity index (χ4n) is 3.03. The molecule has 0 aromatic heterocycles. The predicted molar refractivity (Wildman–Crippen MR) is 95.8 cm³/mol. The van der Waals surface area contributed by atoms with Crippen molar-refractivity contribution in [1.29, 1.82) is 0 Å². The highest BCUT2D eigenvalue weighted by atomic mass is 79.9. The Labute approximate surface area is 141 Å². The number of hydrogen-bond acceptors (Lipinski definition) is 3. The quantitative estimate of drug-likeness (QED) is 0.844. The lowest BCUT2D eigenvalue weighted by atomic mass is 10.1. The van der Waals surface area contributed by atoms with Crippen molar-refractivity contribution in [2.45, 2.75) is 56.3 Å². The Morgan fingerprint density at radius 2 is 1.95 bits per heavy atom. The van der Waals surface area contributed by atoms with Gasteiger partial charge in [0.15, 0.2) is 0 Å². The number of nitrogens with one attached hydrogen (secondary N) is 1. The van der Waals surface area contributed by atoms with Gasteiger partial charge in [0.2, 0.25) is 0 Å². The normalized spacial score (nSPS) is 27.0. The molecule has 1 saturated heterocycles. The van der Waals surface area contributed by atoms with Gasteiger partial charge >= 0.3 is 0 Å². The maximum Gasteiger partial charge on any atom is 0.0245 e. The Morgan fingerprint density at radius 3 is 2.57 bits per heavy atom. The number of benzene rings is 1. The first kappa shape index (κ1) is 15.9. The van der Waals surface area contributed by atoms with Gasteiger partial charge < -0.3 is 5.32 Å². The minimum Gasteiger partial charge on any atom is -0.310 e. The summed E-state index contributed by atoms with van der Waals surface area (Å²) in [6, 6.07) is 7.64. The van der Waals surface area contributed by atoms with Crippen LogP contribution in [-0.4, -0.2) is 34.5 Å². The van der Waals surface area contributed by atoms with E-state index < -0.39 is 0 Å². The summed E-state index contributed by atoms with van der Waals surface area (Å²) in [6.07, 6.45) is 2.70. The van der Waals surface area contributed by atoms with Crippen LogP contribution in [0.15, 0.2) is 22.7 Å². The number of thioether (sulfide) groups is 1. The van der Waals surface area contributed by atoms with Crippen LogP contribution in [-0.2, 0) is 13.1 Å². The minimum atomic E-state index is 0.745. The molecule has 21 heavy (non-hydrogen) atoms. The van der Waals surface area contributed by atoms with Crippen molar-refractivity contribution in [1.82, 2.24) is 10.2 Å². The van der Waals surface area contributed by atoms with Crippen LogP contribution in [0.25, 0.3) is 0 Å². The van der Waals surface area contributed by atoms with Gasteiger partial charge in [-0.3, -0.25) is 4.90 Å². The summed E-state index contributed by atoms with van der Waals surface area (Å²) in [5.41, 5.74) is 2.80. The molecule has 1 aliphatic heterocycles. The summed E-state index contributed by atoms with van der Waals surface area (Å²) in [7, 11) is 0. The van der Waals surface area contributed by atoms with Crippen LogP contribution in [0.3, 0.4) is 0 Å². The molecular formula is C17H25BrN2S. The van der Waals surface area contributed by atoms with E-state index in [9.17, 15) is 0 Å². The monoisotopic (exact) mass is 368 g/mol. The summed E-state index contributed by atoms with van der Waals surface area (Å²) >= 11 is 5.88. The molecule has 1 saturated carbocycles. The molecule has 2 fully saturated rings. The lowest BCUT2D eigenvalue weighted by molar-refractivity contribution is 0.262. The highest BCUT2D eigenvalue weighted by Gasteiger charge is 2.23. The second kappa shape index (κ2) is 7.03. The fourth-order valence-corrected chi connectivity index (χ4v) is 4.97. The minimum absolute atomic E-state index is 0.745. The highest BCUT2D eigenvalue weighted by molar-refractivity contribution is 9.10. The van der Waals surface area contributed by atoms with E-state index in [1.807, 2.05) is 0 Å². The largest absolute Gasteiger partial charge is 0.310 e. The zero-order chi connectivity index (χ0) is 14.8. The van der Waals surface area contributed by atoms with Crippen molar-refractivity contribution in [3.63, 3.8) is 0 Å². The molecule has 1 N–H and O–H groups in total. The first-order valence-corrected chi connectivity index (χ1v) is 9.72. The van der Waals surface area contributed by atoms with E-state index in [0.29, 0.717) is 0 Å². The average Bonchev–Trinajstić information content (AvgIpc) is 3.22. The van der Waals surface area contributed by atoms with E-state index in [0.717, 1.165) is 29.6 Å². The molecule has 2 unspecified atom stereocenters. The zero-order valence-electron chi connectivity index (χ0n) is 12.9. The van der Waals surface area contributed by atoms with Crippen LogP contribution in [0.5, 0.6) is 0 Å². The number of nitrogens with zero attached hydrogens (tertiary/aromatic N) is 1. The smallest absolute Gasteiger partial charge is 0.0245 e. The van der Waals surface area contributed by atoms with Crippen LogP contribution < -0.4 is 5.32 Å². The number of rotatable bonds is 5. The van der Waals surface area contributed by atoms with Crippen LogP contribution in [0, 0.1) is 0 Å². The van der Waals surface area contributed by atoms with E-state index in [1.165, 1.54) is 41.5 Å². The van der Waals surface area contributed by atoms with E-state index in [4.69, 9.17) is 0 Å². The molecule has 1 heterocycles. The van der Waals surface area contributed by atoms with Crippen molar-refractivity contribution >= 4 is 27.7 Å². The van der Waals surface area contributed by atoms with Gasteiger partial charge in [-0.1, -0.05) is 41.9 Å². The van der Waals surface area contributed by atoms with E-state index in [-0.39, 0.29) is 0 Å². The molecular weight excluding hydrogens is 344 g/mol. The van der Waals surface area contributed by atoms with Crippen molar-refractivity contribution < 1.29 is 0 Å². The molecule has 1 aromatic carbocycles. The molecule has 4 heteroatoms. The van der Waals surface area contributed by atoms with Crippen molar-refractivity contribution in [2.75, 3.05) is 13.1 Å². The van der Waals surface area contributed by atoms with Crippen molar-refractivity contribution in [3.05, 3.63) is 33.8 Å². The third kappa shape index (κ3) is 4.72. The first-order chi connectivity index (χ1) is 10.1. The molecule has 1 aliphatic carbocycles. The number of halogens is 1. The van der Waals surface area contributed by atoms with Crippen molar-refractivity contribution in [3.8, 4) is 0 Å². The highest BCUT2D eigenvalue weighted by Crippen LogP contribution is 2.28. The average molecular weight is 369 g/mol. The Balaban J connectivity index is 1.59. The van der Waals surface area contributed by atoms with Gasteiger partial charge in [-0.25, -0.2) is 0 Å². The number of hydrogen-bond donors (Lipinski definition) is 1. The summed E-state index contributed by atoms with van der Waals surface area (Å²) in [5, 5.41) is 5.07. The summed E-state index contributed by atoms with van der Waals surface area (Å²) in [4.78, 5) is 2.59. The van der Waals surface area contributed by atoms with Gasteiger partial charge in [0.05, 0.1) is 0 Å². The molecule has 0 amide bonds. The Bertz CT molecular complexity index is 480. The van der Waals surface area contributed by atoms with Gasteiger partial charge in [0, 0.05) is 47.2 Å². The molecule has 2 aliphatic rings. The molecule has 0 spiro atoms. The molecule has 3 rings (SSSR count). The van der Waals surface area contributed by atoms with Gasteiger partial charge in [-0.05, 0) is 30.0 Å². The second-order valence-corrected chi connectivity index (χ2v) is 9.27. The summed E-state index contributed by atoms with van der Waals surface area (Å²) in [6.45, 7) is 9.15. The lowest BCUT2D eigenvalue weighted by Gasteiger charge is -2.34. The van der Waals surface area contributed by atoms with Gasteiger partial charge in [0.25, 0.3) is 0 Å². The SMILES string of the molecule is CC1CN(Cc2ccc(CNC3CC3)cc2Br)CC(C)S1. The molecule has 2 nitrogen and oxygen atoms in total. The standard InChI is InChI=1S/C17H25BrN2S/c1-12-9-20(10-13(2)21-12)11-15-4-3-14(7-17(15)18)8-19-16-5-6-16/h3-4,7,12-13,16,19H,5-6,8-11H2,1-2H3. The summed E-state index contributed by atoms with van der Waals surface area (Å²) in [5.74, 6) is 0. The molecule has 0 radical (unpaired) electrons. The molecule has 1 aromatic rings.